The molecular formula is C31H56N4O6. The summed E-state index contributed by atoms with van der Waals surface area (Å²) in [5.74, 6) is 0. The number of hydrogen-bond donors (Lipinski definition) is 1. The highest BCUT2D eigenvalue weighted by molar-refractivity contribution is 5.60. The number of rotatable bonds is 3. The SMILES string of the molecule is CC(C)(C)OC(=O)ON1CCC2(CC1)CCN(C1CC1)CC2.CC(C)(C)OC(=O)ON1CCC2(CCNCC2)CC1. The van der Waals surface area contributed by atoms with Crippen LogP contribution >= 0.6 is 0 Å². The van der Waals surface area contributed by atoms with Gasteiger partial charge in [0.1, 0.15) is 11.2 Å². The highest BCUT2D eigenvalue weighted by atomic mass is 16.8. The molecule has 41 heavy (non-hydrogen) atoms. The first-order valence-electron chi connectivity index (χ1n) is 16.0. The van der Waals surface area contributed by atoms with Crippen molar-refractivity contribution in [3.8, 4) is 0 Å². The van der Waals surface area contributed by atoms with Gasteiger partial charge in [-0.15, -0.1) is 10.1 Å². The van der Waals surface area contributed by atoms with Crippen molar-refractivity contribution in [3.05, 3.63) is 0 Å². The minimum atomic E-state index is -0.589. The molecule has 10 nitrogen and oxygen atoms in total. The second-order valence-corrected chi connectivity index (χ2v) is 15.0. The lowest BCUT2D eigenvalue weighted by atomic mass is 9.71. The molecule has 0 bridgehead atoms. The summed E-state index contributed by atoms with van der Waals surface area (Å²) in [6.07, 6.45) is 11.2. The van der Waals surface area contributed by atoms with Crippen LogP contribution < -0.4 is 5.32 Å². The maximum Gasteiger partial charge on any atom is 0.528 e. The van der Waals surface area contributed by atoms with E-state index in [-0.39, 0.29) is 0 Å². The third-order valence-electron chi connectivity index (χ3n) is 9.34. The predicted octanol–water partition coefficient (Wildman–Crippen LogP) is 5.51. The van der Waals surface area contributed by atoms with Crippen molar-refractivity contribution in [1.29, 1.82) is 0 Å². The third-order valence-corrected chi connectivity index (χ3v) is 9.34. The van der Waals surface area contributed by atoms with Crippen LogP contribution in [-0.2, 0) is 19.1 Å². The predicted molar refractivity (Wildman–Crippen MR) is 157 cm³/mol. The van der Waals surface area contributed by atoms with E-state index < -0.39 is 23.5 Å². The van der Waals surface area contributed by atoms with Gasteiger partial charge in [-0.2, -0.15) is 0 Å². The molecule has 10 heteroatoms. The number of hydroxylamine groups is 4. The van der Waals surface area contributed by atoms with Crippen LogP contribution in [0.1, 0.15) is 106 Å². The average Bonchev–Trinajstić information content (AvgIpc) is 3.72. The number of piperidine rings is 4. The molecule has 5 fully saturated rings. The summed E-state index contributed by atoms with van der Waals surface area (Å²) in [6.45, 7) is 19.2. The van der Waals surface area contributed by atoms with E-state index in [1.54, 1.807) is 10.1 Å². The molecule has 0 radical (unpaired) electrons. The molecule has 4 saturated heterocycles. The zero-order valence-electron chi connectivity index (χ0n) is 26.6. The normalized spacial score (nSPS) is 25.6. The van der Waals surface area contributed by atoms with Crippen molar-refractivity contribution in [2.45, 2.75) is 123 Å². The first-order chi connectivity index (χ1) is 19.2. The van der Waals surface area contributed by atoms with Gasteiger partial charge < -0.3 is 29.4 Å². The van der Waals surface area contributed by atoms with Gasteiger partial charge >= 0.3 is 12.3 Å². The van der Waals surface area contributed by atoms with Crippen LogP contribution in [0.25, 0.3) is 0 Å². The van der Waals surface area contributed by atoms with Crippen LogP contribution in [-0.4, -0.2) is 96.9 Å². The molecule has 0 aromatic carbocycles. The third kappa shape index (κ3) is 10.6. The summed E-state index contributed by atoms with van der Waals surface area (Å²) in [4.78, 5) is 36.6. The van der Waals surface area contributed by atoms with Crippen LogP contribution in [0.5, 0.6) is 0 Å². The highest BCUT2D eigenvalue weighted by Crippen LogP contribution is 2.43. The standard InChI is InChI=1S/C17H30N2O3.C14H26N2O3/c1-16(2,3)21-15(20)22-19-12-8-17(9-13-19)6-10-18(11-7-17)14-4-5-14;1-13(2,3)18-12(17)19-16-10-6-14(7-11-16)4-8-15-9-5-14/h14H,4-13H2,1-3H3;15H,4-11H2,1-3H3. The van der Waals surface area contributed by atoms with Gasteiger partial charge in [0.15, 0.2) is 0 Å². The summed E-state index contributed by atoms with van der Waals surface area (Å²) in [5, 5.41) is 6.94. The van der Waals surface area contributed by atoms with Gasteiger partial charge in [-0.3, -0.25) is 0 Å². The van der Waals surface area contributed by atoms with Crippen molar-refractivity contribution >= 4 is 12.3 Å². The van der Waals surface area contributed by atoms with E-state index in [1.807, 2.05) is 41.5 Å². The highest BCUT2D eigenvalue weighted by Gasteiger charge is 2.41. The molecule has 0 amide bonds. The fourth-order valence-electron chi connectivity index (χ4n) is 6.61. The van der Waals surface area contributed by atoms with Gasteiger partial charge in [0.2, 0.25) is 0 Å². The topological polar surface area (TPSA) is 92.8 Å². The Morgan fingerprint density at radius 3 is 1.34 bits per heavy atom. The number of likely N-dealkylation sites (tertiary alicyclic amines) is 1. The van der Waals surface area contributed by atoms with Gasteiger partial charge in [-0.1, -0.05) is 0 Å². The fraction of sp³-hybridized carbons (Fsp3) is 0.935. The summed E-state index contributed by atoms with van der Waals surface area (Å²) >= 11 is 0. The van der Waals surface area contributed by atoms with Crippen molar-refractivity contribution in [2.75, 3.05) is 52.4 Å². The lowest BCUT2D eigenvalue weighted by molar-refractivity contribution is -0.167. The van der Waals surface area contributed by atoms with E-state index >= 15 is 0 Å². The van der Waals surface area contributed by atoms with Crippen LogP contribution in [0.4, 0.5) is 9.59 Å². The molecule has 0 atom stereocenters. The van der Waals surface area contributed by atoms with Crippen molar-refractivity contribution in [2.24, 2.45) is 10.8 Å². The molecule has 2 spiro atoms. The second-order valence-electron chi connectivity index (χ2n) is 15.0. The van der Waals surface area contributed by atoms with E-state index in [4.69, 9.17) is 19.1 Å². The summed E-state index contributed by atoms with van der Waals surface area (Å²) in [5.41, 5.74) is -0.0366. The summed E-state index contributed by atoms with van der Waals surface area (Å²) in [7, 11) is 0. The van der Waals surface area contributed by atoms with E-state index in [1.165, 1.54) is 51.6 Å². The molecule has 5 rings (SSSR count). The number of carbonyl (C=O) groups is 2. The number of nitrogens with zero attached hydrogens (tertiary/aromatic N) is 3. The zero-order valence-corrected chi connectivity index (χ0v) is 26.6. The molecular weight excluding hydrogens is 524 g/mol. The zero-order chi connectivity index (χ0) is 29.7. The molecule has 0 unspecified atom stereocenters. The Balaban J connectivity index is 0.000000191. The summed E-state index contributed by atoms with van der Waals surface area (Å²) in [6, 6.07) is 0.896. The van der Waals surface area contributed by atoms with E-state index in [9.17, 15) is 9.59 Å². The van der Waals surface area contributed by atoms with Crippen molar-refractivity contribution < 1.29 is 28.7 Å². The smallest absolute Gasteiger partial charge is 0.427 e. The van der Waals surface area contributed by atoms with Gasteiger partial charge in [-0.05, 0) is 143 Å². The van der Waals surface area contributed by atoms with Crippen LogP contribution in [0.2, 0.25) is 0 Å². The molecule has 1 N–H and O–H groups in total. The minimum Gasteiger partial charge on any atom is -0.427 e. The van der Waals surface area contributed by atoms with Crippen LogP contribution in [0, 0.1) is 10.8 Å². The Hall–Kier alpha value is -1.62. The van der Waals surface area contributed by atoms with E-state index in [0.29, 0.717) is 10.8 Å². The van der Waals surface area contributed by atoms with Crippen LogP contribution in [0.15, 0.2) is 0 Å². The van der Waals surface area contributed by atoms with Gasteiger partial charge in [0, 0.05) is 32.2 Å². The Kier molecular flexibility index (Phi) is 10.5. The Morgan fingerprint density at radius 2 is 0.976 bits per heavy atom. The number of carbonyl (C=O) groups excluding carboxylic acids is 2. The molecule has 236 valence electrons. The molecule has 1 saturated carbocycles. The number of hydrogen-bond acceptors (Lipinski definition) is 10. The van der Waals surface area contributed by atoms with E-state index in [2.05, 4.69) is 10.2 Å². The Labute approximate surface area is 247 Å². The van der Waals surface area contributed by atoms with Crippen LogP contribution in [0.3, 0.4) is 0 Å². The molecule has 1 aliphatic carbocycles. The minimum absolute atomic E-state index is 0.471. The molecule has 4 aliphatic heterocycles. The first-order valence-corrected chi connectivity index (χ1v) is 16.0. The molecule has 5 aliphatic rings. The maximum absolute atomic E-state index is 11.7. The Morgan fingerprint density at radius 1 is 0.610 bits per heavy atom. The lowest BCUT2D eigenvalue weighted by Gasteiger charge is -2.46. The van der Waals surface area contributed by atoms with Gasteiger partial charge in [0.05, 0.1) is 0 Å². The molecule has 4 heterocycles. The number of nitrogens with one attached hydrogen (secondary N) is 1. The number of ether oxygens (including phenoxy) is 2. The molecule has 0 aromatic rings. The Bertz CT molecular complexity index is 847. The van der Waals surface area contributed by atoms with Crippen molar-refractivity contribution in [1.82, 2.24) is 20.3 Å². The largest absolute Gasteiger partial charge is 0.528 e. The first kappa shape index (κ1) is 32.3. The quantitative estimate of drug-likeness (QED) is 0.431. The lowest BCUT2D eigenvalue weighted by Crippen LogP contribution is -2.47. The monoisotopic (exact) mass is 580 g/mol. The van der Waals surface area contributed by atoms with Gasteiger partial charge in [-0.25, -0.2) is 9.59 Å². The van der Waals surface area contributed by atoms with E-state index in [0.717, 1.165) is 71.0 Å². The molecule has 0 aromatic heterocycles. The van der Waals surface area contributed by atoms with Gasteiger partial charge in [0.25, 0.3) is 0 Å². The summed E-state index contributed by atoms with van der Waals surface area (Å²) < 4.78 is 10.4. The fourth-order valence-corrected chi connectivity index (χ4v) is 6.61. The average molecular weight is 581 g/mol. The second kappa shape index (κ2) is 13.3. The maximum atomic E-state index is 11.7. The van der Waals surface area contributed by atoms with Crippen molar-refractivity contribution in [3.63, 3.8) is 0 Å².